The Kier molecular flexibility index (Phi) is 5.49. The first kappa shape index (κ1) is 14.9. The van der Waals surface area contributed by atoms with Crippen LogP contribution in [0.15, 0.2) is 29.3 Å². The molecule has 106 valence electrons. The van der Waals surface area contributed by atoms with E-state index in [2.05, 4.69) is 10.3 Å². The summed E-state index contributed by atoms with van der Waals surface area (Å²) >= 11 is 3.14. The van der Waals surface area contributed by atoms with Gasteiger partial charge in [-0.05, 0) is 17.7 Å². The zero-order valence-electron chi connectivity index (χ0n) is 10.7. The van der Waals surface area contributed by atoms with Gasteiger partial charge in [0.15, 0.2) is 0 Å². The molecule has 1 aromatic carbocycles. The first-order valence-corrected chi connectivity index (χ1v) is 8.01. The summed E-state index contributed by atoms with van der Waals surface area (Å²) in [5.74, 6) is 0.359. The summed E-state index contributed by atoms with van der Waals surface area (Å²) in [6.07, 6.45) is 0. The van der Waals surface area contributed by atoms with E-state index < -0.39 is 5.97 Å². The number of hydrogen-bond donors (Lipinski definition) is 2. The summed E-state index contributed by atoms with van der Waals surface area (Å²) < 4.78 is 0.978. The van der Waals surface area contributed by atoms with Gasteiger partial charge in [0.2, 0.25) is 5.91 Å². The van der Waals surface area contributed by atoms with Crippen molar-refractivity contribution in [1.82, 2.24) is 5.32 Å². The van der Waals surface area contributed by atoms with E-state index >= 15 is 0 Å². The van der Waals surface area contributed by atoms with Crippen molar-refractivity contribution in [3.05, 3.63) is 35.4 Å². The maximum atomic E-state index is 11.7. The van der Waals surface area contributed by atoms with Crippen molar-refractivity contribution in [2.45, 2.75) is 6.54 Å². The monoisotopic (exact) mass is 310 g/mol. The zero-order chi connectivity index (χ0) is 14.4. The molecule has 1 heterocycles. The zero-order valence-corrected chi connectivity index (χ0v) is 12.3. The fourth-order valence-electron chi connectivity index (χ4n) is 1.55. The second-order valence-corrected chi connectivity index (χ2v) is 6.37. The lowest BCUT2D eigenvalue weighted by Gasteiger charge is -2.05. The molecule has 0 atom stereocenters. The number of nitrogens with zero attached hydrogens (tertiary/aromatic N) is 1. The van der Waals surface area contributed by atoms with Crippen molar-refractivity contribution in [2.24, 2.45) is 4.99 Å². The molecule has 2 N–H and O–H groups in total. The Labute approximate surface area is 125 Å². The molecule has 20 heavy (non-hydrogen) atoms. The molecule has 5 nitrogen and oxygen atoms in total. The van der Waals surface area contributed by atoms with Crippen LogP contribution in [-0.4, -0.2) is 39.4 Å². The molecule has 0 saturated carbocycles. The average molecular weight is 310 g/mol. The number of aromatic carboxylic acids is 1. The Morgan fingerprint density at radius 2 is 2.10 bits per heavy atom. The van der Waals surface area contributed by atoms with E-state index in [-0.39, 0.29) is 11.5 Å². The molecule has 0 bridgehead atoms. The molecule has 0 unspecified atom stereocenters. The summed E-state index contributed by atoms with van der Waals surface area (Å²) in [5, 5.41) is 11.6. The molecule has 1 aromatic rings. The predicted molar refractivity (Wildman–Crippen MR) is 82.5 cm³/mol. The molecule has 2 rings (SSSR count). The average Bonchev–Trinajstić information content (AvgIpc) is 2.96. The second kappa shape index (κ2) is 7.35. The summed E-state index contributed by atoms with van der Waals surface area (Å²) in [6, 6.07) is 6.46. The van der Waals surface area contributed by atoms with E-state index in [4.69, 9.17) is 5.11 Å². The lowest BCUT2D eigenvalue weighted by molar-refractivity contribution is -0.118. The van der Waals surface area contributed by atoms with Crippen LogP contribution in [0.4, 0.5) is 0 Å². The number of carboxylic acid groups (broad SMARTS) is 1. The van der Waals surface area contributed by atoms with Crippen LogP contribution < -0.4 is 5.32 Å². The fourth-order valence-corrected chi connectivity index (χ4v) is 3.39. The summed E-state index contributed by atoms with van der Waals surface area (Å²) in [4.78, 5) is 26.6. The van der Waals surface area contributed by atoms with Crippen LogP contribution in [0, 0.1) is 0 Å². The first-order valence-electron chi connectivity index (χ1n) is 6.04. The molecule has 0 radical (unpaired) electrons. The van der Waals surface area contributed by atoms with Gasteiger partial charge in [-0.25, -0.2) is 4.79 Å². The maximum absolute atomic E-state index is 11.7. The Morgan fingerprint density at radius 3 is 2.70 bits per heavy atom. The van der Waals surface area contributed by atoms with Gasteiger partial charge in [0.1, 0.15) is 4.38 Å². The summed E-state index contributed by atoms with van der Waals surface area (Å²) in [7, 11) is 0. The molecule has 1 aliphatic rings. The van der Waals surface area contributed by atoms with Crippen molar-refractivity contribution in [1.29, 1.82) is 0 Å². The van der Waals surface area contributed by atoms with Crippen LogP contribution >= 0.6 is 23.5 Å². The van der Waals surface area contributed by atoms with Crippen LogP contribution in [-0.2, 0) is 11.3 Å². The van der Waals surface area contributed by atoms with Crippen LogP contribution in [0.25, 0.3) is 0 Å². The summed E-state index contributed by atoms with van der Waals surface area (Å²) in [6.45, 7) is 1.24. The van der Waals surface area contributed by atoms with Gasteiger partial charge in [-0.2, -0.15) is 0 Å². The van der Waals surface area contributed by atoms with Gasteiger partial charge in [-0.3, -0.25) is 9.79 Å². The Hall–Kier alpha value is -1.47. The molecule has 0 aromatic heterocycles. The Morgan fingerprint density at radius 1 is 1.35 bits per heavy atom. The highest BCUT2D eigenvalue weighted by Gasteiger charge is 2.10. The highest BCUT2D eigenvalue weighted by Crippen LogP contribution is 2.21. The molecular formula is C13H14N2O3S2. The van der Waals surface area contributed by atoms with E-state index in [1.165, 1.54) is 23.9 Å². The Bertz CT molecular complexity index is 529. The van der Waals surface area contributed by atoms with Gasteiger partial charge in [0, 0.05) is 12.3 Å². The number of carbonyl (C=O) groups is 2. The molecule has 0 aliphatic carbocycles. The predicted octanol–water partition coefficient (Wildman–Crippen LogP) is 1.84. The van der Waals surface area contributed by atoms with E-state index in [1.54, 1.807) is 23.9 Å². The molecule has 0 spiro atoms. The maximum Gasteiger partial charge on any atom is 0.335 e. The normalized spacial score (nSPS) is 13.9. The van der Waals surface area contributed by atoms with Crippen molar-refractivity contribution in [3.8, 4) is 0 Å². The van der Waals surface area contributed by atoms with Gasteiger partial charge in [0.05, 0.1) is 17.9 Å². The van der Waals surface area contributed by atoms with Crippen LogP contribution in [0.5, 0.6) is 0 Å². The Balaban J connectivity index is 1.73. The minimum absolute atomic E-state index is 0.0486. The smallest absolute Gasteiger partial charge is 0.335 e. The molecule has 1 amide bonds. The molecule has 0 saturated heterocycles. The lowest BCUT2D eigenvalue weighted by Crippen LogP contribution is -2.24. The second-order valence-electron chi connectivity index (χ2n) is 4.06. The van der Waals surface area contributed by atoms with Crippen molar-refractivity contribution >= 4 is 39.8 Å². The largest absolute Gasteiger partial charge is 0.478 e. The first-order chi connectivity index (χ1) is 9.65. The van der Waals surface area contributed by atoms with E-state index in [0.717, 1.165) is 22.2 Å². The minimum Gasteiger partial charge on any atom is -0.478 e. The number of carbonyl (C=O) groups excluding carboxylic acids is 1. The molecular weight excluding hydrogens is 296 g/mol. The number of nitrogens with one attached hydrogen (secondary N) is 1. The van der Waals surface area contributed by atoms with Gasteiger partial charge in [-0.1, -0.05) is 35.7 Å². The van der Waals surface area contributed by atoms with Gasteiger partial charge in [-0.15, -0.1) is 0 Å². The van der Waals surface area contributed by atoms with Crippen molar-refractivity contribution in [3.63, 3.8) is 0 Å². The van der Waals surface area contributed by atoms with Crippen molar-refractivity contribution in [2.75, 3.05) is 18.1 Å². The third-order valence-electron chi connectivity index (χ3n) is 2.58. The number of aliphatic imine (C=N–C) groups is 1. The highest BCUT2D eigenvalue weighted by molar-refractivity contribution is 8.39. The van der Waals surface area contributed by atoms with Crippen LogP contribution in [0.1, 0.15) is 15.9 Å². The third kappa shape index (κ3) is 4.57. The number of amides is 1. The van der Waals surface area contributed by atoms with E-state index in [0.29, 0.717) is 12.3 Å². The fraction of sp³-hybridized carbons (Fsp3) is 0.308. The van der Waals surface area contributed by atoms with E-state index in [9.17, 15) is 9.59 Å². The van der Waals surface area contributed by atoms with Crippen LogP contribution in [0.3, 0.4) is 0 Å². The van der Waals surface area contributed by atoms with E-state index in [1.807, 2.05) is 0 Å². The SMILES string of the molecule is O=C(CSC1=NCCS1)NCc1ccc(C(=O)O)cc1. The lowest BCUT2D eigenvalue weighted by atomic mass is 10.1. The van der Waals surface area contributed by atoms with Gasteiger partial charge in [0.25, 0.3) is 0 Å². The topological polar surface area (TPSA) is 78.8 Å². The third-order valence-corrected chi connectivity index (χ3v) is 4.83. The van der Waals surface area contributed by atoms with Gasteiger partial charge < -0.3 is 10.4 Å². The summed E-state index contributed by atoms with van der Waals surface area (Å²) in [5.41, 5.74) is 1.12. The standard InChI is InChI=1S/C13H14N2O3S2/c16-11(8-20-13-14-5-6-19-13)15-7-9-1-3-10(4-2-9)12(17)18/h1-4H,5-8H2,(H,15,16)(H,17,18). The number of benzene rings is 1. The highest BCUT2D eigenvalue weighted by atomic mass is 32.2. The van der Waals surface area contributed by atoms with Crippen molar-refractivity contribution < 1.29 is 14.7 Å². The van der Waals surface area contributed by atoms with Gasteiger partial charge >= 0.3 is 5.97 Å². The number of rotatable bonds is 5. The number of carboxylic acids is 1. The minimum atomic E-state index is -0.952. The number of hydrogen-bond acceptors (Lipinski definition) is 5. The quantitative estimate of drug-likeness (QED) is 0.867. The molecule has 1 aliphatic heterocycles. The molecule has 7 heteroatoms. The number of thioether (sulfide) groups is 2. The van der Waals surface area contributed by atoms with Crippen LogP contribution in [0.2, 0.25) is 0 Å². The molecule has 0 fully saturated rings.